The number of methoxy groups -OCH3 is 1. The van der Waals surface area contributed by atoms with Crippen molar-refractivity contribution in [3.63, 3.8) is 0 Å². The van der Waals surface area contributed by atoms with Gasteiger partial charge >= 0.3 is 0 Å². The van der Waals surface area contributed by atoms with Gasteiger partial charge in [0.05, 0.1) is 35.6 Å². The van der Waals surface area contributed by atoms with E-state index in [1.165, 1.54) is 31.4 Å². The van der Waals surface area contributed by atoms with Crippen molar-refractivity contribution in [3.8, 4) is 5.75 Å². The van der Waals surface area contributed by atoms with Crippen LogP contribution in [-0.4, -0.2) is 40.6 Å². The predicted octanol–water partition coefficient (Wildman–Crippen LogP) is 4.00. The Morgan fingerprint density at radius 1 is 0.919 bits per heavy atom. The van der Waals surface area contributed by atoms with Gasteiger partial charge in [-0.2, -0.15) is 0 Å². The van der Waals surface area contributed by atoms with Gasteiger partial charge in [-0.25, -0.2) is 4.90 Å². The molecule has 0 bridgehead atoms. The van der Waals surface area contributed by atoms with E-state index in [2.05, 4.69) is 0 Å². The minimum Gasteiger partial charge on any atom is -0.497 e. The summed E-state index contributed by atoms with van der Waals surface area (Å²) >= 11 is 0. The number of fused-ring (bicyclic) bond motifs is 5. The molecule has 0 spiro atoms. The summed E-state index contributed by atoms with van der Waals surface area (Å²) in [6.45, 7) is 0. The lowest BCUT2D eigenvalue weighted by atomic mass is 9.83. The van der Waals surface area contributed by atoms with Crippen molar-refractivity contribution < 1.29 is 24.0 Å². The Kier molecular flexibility index (Phi) is 5.15. The molecule has 2 saturated heterocycles. The van der Waals surface area contributed by atoms with Crippen LogP contribution in [0.5, 0.6) is 5.75 Å². The smallest absolute Gasteiger partial charge is 0.269 e. The third kappa shape index (κ3) is 3.35. The molecule has 184 valence electrons. The quantitative estimate of drug-likeness (QED) is 0.228. The largest absolute Gasteiger partial charge is 0.497 e. The number of carbonyl (C=O) groups is 3. The van der Waals surface area contributed by atoms with E-state index in [0.717, 1.165) is 16.0 Å². The van der Waals surface area contributed by atoms with Crippen molar-refractivity contribution in [3.05, 3.63) is 106 Å². The summed E-state index contributed by atoms with van der Waals surface area (Å²) in [5.41, 5.74) is 2.31. The molecule has 2 amide bonds. The van der Waals surface area contributed by atoms with Crippen LogP contribution in [0.1, 0.15) is 27.5 Å². The number of ketones is 1. The second-order valence-corrected chi connectivity index (χ2v) is 9.21. The van der Waals surface area contributed by atoms with Crippen LogP contribution in [-0.2, 0) is 9.59 Å². The van der Waals surface area contributed by atoms with Gasteiger partial charge in [0.25, 0.3) is 5.69 Å². The van der Waals surface area contributed by atoms with E-state index in [-0.39, 0.29) is 17.2 Å². The summed E-state index contributed by atoms with van der Waals surface area (Å²) in [6.07, 6.45) is 3.69. The number of imide groups is 1. The number of nitrogens with zero attached hydrogens (tertiary/aromatic N) is 3. The second-order valence-electron chi connectivity index (χ2n) is 9.21. The van der Waals surface area contributed by atoms with Crippen LogP contribution in [0, 0.1) is 22.0 Å². The number of benzene rings is 3. The van der Waals surface area contributed by atoms with E-state index in [0.29, 0.717) is 11.3 Å². The van der Waals surface area contributed by atoms with Crippen molar-refractivity contribution in [2.75, 3.05) is 12.0 Å². The molecule has 2 fully saturated rings. The number of nitro groups is 1. The van der Waals surface area contributed by atoms with Crippen LogP contribution in [0.15, 0.2) is 79.0 Å². The van der Waals surface area contributed by atoms with Gasteiger partial charge in [-0.1, -0.05) is 24.3 Å². The number of non-ortho nitro benzene ring substituents is 1. The fourth-order valence-electron chi connectivity index (χ4n) is 5.76. The SMILES string of the molecule is COc1ccc(C(=O)[C@@H]2[C@@H]3C(=O)N(c4ccc([N+](=O)[O-])cc4)C(=O)[C@H]3[C@@H]3c4ccccc4C=CN23)cc1. The first-order chi connectivity index (χ1) is 17.9. The lowest BCUT2D eigenvalue weighted by Crippen LogP contribution is -2.44. The summed E-state index contributed by atoms with van der Waals surface area (Å²) in [5, 5.41) is 11.1. The zero-order chi connectivity index (χ0) is 25.8. The molecule has 0 unspecified atom stereocenters. The topological polar surface area (TPSA) is 110 Å². The van der Waals surface area contributed by atoms with E-state index >= 15 is 0 Å². The molecule has 3 aromatic carbocycles. The van der Waals surface area contributed by atoms with Gasteiger partial charge < -0.3 is 9.64 Å². The third-order valence-electron chi connectivity index (χ3n) is 7.42. The maximum atomic E-state index is 13.9. The Balaban J connectivity index is 1.45. The Labute approximate surface area is 211 Å². The van der Waals surface area contributed by atoms with Gasteiger partial charge in [-0.3, -0.25) is 24.5 Å². The van der Waals surface area contributed by atoms with Crippen LogP contribution >= 0.6 is 0 Å². The molecule has 0 aliphatic carbocycles. The molecule has 3 aromatic rings. The minimum atomic E-state index is -0.918. The van der Waals surface area contributed by atoms with Crippen molar-refractivity contribution in [1.29, 1.82) is 0 Å². The molecule has 0 N–H and O–H groups in total. The highest BCUT2D eigenvalue weighted by Crippen LogP contribution is 2.53. The maximum Gasteiger partial charge on any atom is 0.269 e. The number of hydrogen-bond donors (Lipinski definition) is 0. The molecular weight excluding hydrogens is 474 g/mol. The number of hydrogen-bond acceptors (Lipinski definition) is 7. The molecule has 0 radical (unpaired) electrons. The normalized spacial score (nSPS) is 23.5. The fraction of sp³-hybridized carbons (Fsp3) is 0.179. The van der Waals surface area contributed by atoms with Crippen LogP contribution in [0.2, 0.25) is 0 Å². The van der Waals surface area contributed by atoms with Gasteiger partial charge in [0.15, 0.2) is 5.78 Å². The van der Waals surface area contributed by atoms with Crippen LogP contribution < -0.4 is 9.64 Å². The number of carbonyl (C=O) groups excluding carboxylic acids is 3. The van der Waals surface area contributed by atoms with E-state index in [9.17, 15) is 24.5 Å². The number of ether oxygens (including phenoxy) is 1. The van der Waals surface area contributed by atoms with Crippen molar-refractivity contribution in [2.24, 2.45) is 11.8 Å². The number of rotatable bonds is 5. The van der Waals surface area contributed by atoms with Gasteiger partial charge in [0, 0.05) is 23.9 Å². The average Bonchev–Trinajstić information content (AvgIpc) is 3.40. The summed E-state index contributed by atoms with van der Waals surface area (Å²) in [4.78, 5) is 55.1. The zero-order valence-corrected chi connectivity index (χ0v) is 19.7. The number of amides is 2. The monoisotopic (exact) mass is 495 g/mol. The average molecular weight is 495 g/mol. The van der Waals surface area contributed by atoms with E-state index < -0.39 is 40.7 Å². The van der Waals surface area contributed by atoms with Gasteiger partial charge in [-0.15, -0.1) is 0 Å². The van der Waals surface area contributed by atoms with Crippen molar-refractivity contribution >= 4 is 35.0 Å². The fourth-order valence-corrected chi connectivity index (χ4v) is 5.76. The van der Waals surface area contributed by atoms with Crippen LogP contribution in [0.25, 0.3) is 6.08 Å². The predicted molar refractivity (Wildman–Crippen MR) is 134 cm³/mol. The lowest BCUT2D eigenvalue weighted by Gasteiger charge is -2.35. The maximum absolute atomic E-state index is 13.9. The molecule has 0 saturated carbocycles. The van der Waals surface area contributed by atoms with E-state index in [1.807, 2.05) is 35.2 Å². The second kappa shape index (κ2) is 8.41. The van der Waals surface area contributed by atoms with E-state index in [4.69, 9.17) is 4.74 Å². The molecule has 3 heterocycles. The highest BCUT2D eigenvalue weighted by Gasteiger charge is 2.64. The van der Waals surface area contributed by atoms with Crippen molar-refractivity contribution in [1.82, 2.24) is 4.90 Å². The first-order valence-corrected chi connectivity index (χ1v) is 11.8. The highest BCUT2D eigenvalue weighted by atomic mass is 16.6. The molecule has 9 nitrogen and oxygen atoms in total. The molecule has 0 aromatic heterocycles. The van der Waals surface area contributed by atoms with E-state index in [1.54, 1.807) is 30.5 Å². The number of anilines is 1. The Bertz CT molecular complexity index is 1480. The molecule has 4 atom stereocenters. The number of Topliss-reactive ketones (excluding diaryl/α,β-unsaturated/α-hetero) is 1. The molecule has 9 heteroatoms. The summed E-state index contributed by atoms with van der Waals surface area (Å²) in [5.74, 6) is -2.29. The summed E-state index contributed by atoms with van der Waals surface area (Å²) in [7, 11) is 1.54. The van der Waals surface area contributed by atoms with Crippen LogP contribution in [0.3, 0.4) is 0 Å². The first kappa shape index (κ1) is 22.7. The Hall–Kier alpha value is -4.79. The lowest BCUT2D eigenvalue weighted by molar-refractivity contribution is -0.384. The van der Waals surface area contributed by atoms with Gasteiger partial charge in [0.2, 0.25) is 11.8 Å². The van der Waals surface area contributed by atoms with Crippen molar-refractivity contribution in [2.45, 2.75) is 12.1 Å². The molecule has 37 heavy (non-hydrogen) atoms. The Morgan fingerprint density at radius 2 is 1.59 bits per heavy atom. The first-order valence-electron chi connectivity index (χ1n) is 11.8. The molecule has 3 aliphatic heterocycles. The zero-order valence-electron chi connectivity index (χ0n) is 19.7. The summed E-state index contributed by atoms with van der Waals surface area (Å²) < 4.78 is 5.21. The number of nitro benzene ring substituents is 1. The molecule has 6 rings (SSSR count). The third-order valence-corrected chi connectivity index (χ3v) is 7.42. The molecule has 3 aliphatic rings. The van der Waals surface area contributed by atoms with Gasteiger partial charge in [0.1, 0.15) is 11.8 Å². The summed E-state index contributed by atoms with van der Waals surface area (Å²) in [6, 6.07) is 18.2. The standard InChI is InChI=1S/C28H21N3O6/c1-37-20-12-6-17(7-13-20)26(32)25-23-22(24-21-5-3-2-4-16(21)14-15-29(24)25)27(33)30(28(23)34)18-8-10-19(11-9-18)31(35)36/h2-15,22-25H,1H3/t22-,23-,24+,25+/m1/s1. The van der Waals surface area contributed by atoms with Crippen LogP contribution in [0.4, 0.5) is 11.4 Å². The highest BCUT2D eigenvalue weighted by molar-refractivity contribution is 6.24. The Morgan fingerprint density at radius 3 is 2.27 bits per heavy atom. The molecular formula is C28H21N3O6. The minimum absolute atomic E-state index is 0.145. The van der Waals surface area contributed by atoms with Gasteiger partial charge in [-0.05, 0) is 53.6 Å².